The Labute approximate surface area is 118 Å². The molecule has 1 saturated carbocycles. The molecule has 0 amide bonds. The monoisotopic (exact) mass is 279 g/mol. The molecule has 2 N–H and O–H groups in total. The number of rotatable bonds is 6. The Kier molecular flexibility index (Phi) is 5.73. The molecule has 104 valence electrons. The number of hydrogen-bond donors (Lipinski definition) is 2. The molecule has 0 radical (unpaired) electrons. The maximum atomic E-state index is 11.0. The summed E-state index contributed by atoms with van der Waals surface area (Å²) in [6.45, 7) is 0.941. The Bertz CT molecular complexity index is 396. The molecule has 1 aromatic carbocycles. The van der Waals surface area contributed by atoms with Gasteiger partial charge in [-0.05, 0) is 31.4 Å². The smallest absolute Gasteiger partial charge is 0.306 e. The van der Waals surface area contributed by atoms with Crippen LogP contribution < -0.4 is 5.32 Å². The second-order valence-corrected chi connectivity index (χ2v) is 6.18. The average molecular weight is 279 g/mol. The highest BCUT2D eigenvalue weighted by Gasteiger charge is 2.26. The van der Waals surface area contributed by atoms with Crippen molar-refractivity contribution in [2.75, 3.05) is 12.3 Å². The van der Waals surface area contributed by atoms with Crippen LogP contribution in [-0.4, -0.2) is 29.4 Å². The number of aliphatic carboxylic acids is 1. The van der Waals surface area contributed by atoms with Crippen LogP contribution >= 0.6 is 11.8 Å². The molecule has 0 spiro atoms. The molecule has 0 saturated heterocycles. The van der Waals surface area contributed by atoms with Crippen LogP contribution in [0.1, 0.15) is 25.7 Å². The van der Waals surface area contributed by atoms with Gasteiger partial charge in [0.1, 0.15) is 0 Å². The lowest BCUT2D eigenvalue weighted by Crippen LogP contribution is -2.37. The number of carbonyl (C=O) groups is 1. The van der Waals surface area contributed by atoms with Crippen molar-refractivity contribution in [2.24, 2.45) is 5.92 Å². The Morgan fingerprint density at radius 2 is 2.11 bits per heavy atom. The molecule has 1 aliphatic carbocycles. The third-order valence-electron chi connectivity index (χ3n) is 3.57. The molecule has 2 atom stereocenters. The predicted molar refractivity (Wildman–Crippen MR) is 78.6 cm³/mol. The van der Waals surface area contributed by atoms with E-state index in [9.17, 15) is 4.79 Å². The third kappa shape index (κ3) is 4.88. The van der Waals surface area contributed by atoms with Gasteiger partial charge in [0.25, 0.3) is 0 Å². The predicted octanol–water partition coefficient (Wildman–Crippen LogP) is 3.01. The van der Waals surface area contributed by atoms with Crippen molar-refractivity contribution in [3.63, 3.8) is 0 Å². The Balaban J connectivity index is 1.64. The fourth-order valence-electron chi connectivity index (χ4n) is 2.55. The molecule has 2 rings (SSSR count). The summed E-state index contributed by atoms with van der Waals surface area (Å²) in [5.74, 6) is 0.247. The quantitative estimate of drug-likeness (QED) is 0.621. The minimum Gasteiger partial charge on any atom is -0.481 e. The summed E-state index contributed by atoms with van der Waals surface area (Å²) in [6.07, 6.45) is 3.76. The third-order valence-corrected chi connectivity index (χ3v) is 4.58. The van der Waals surface area contributed by atoms with E-state index >= 15 is 0 Å². The van der Waals surface area contributed by atoms with Crippen molar-refractivity contribution in [1.29, 1.82) is 0 Å². The van der Waals surface area contributed by atoms with Gasteiger partial charge in [-0.1, -0.05) is 24.6 Å². The van der Waals surface area contributed by atoms with Crippen molar-refractivity contribution in [1.82, 2.24) is 5.32 Å². The van der Waals surface area contributed by atoms with E-state index in [0.29, 0.717) is 6.04 Å². The zero-order valence-electron chi connectivity index (χ0n) is 11.0. The highest BCUT2D eigenvalue weighted by Crippen LogP contribution is 2.24. The van der Waals surface area contributed by atoms with E-state index in [1.165, 1.54) is 4.90 Å². The fraction of sp³-hybridized carbons (Fsp3) is 0.533. The van der Waals surface area contributed by atoms with Crippen molar-refractivity contribution in [3.8, 4) is 0 Å². The van der Waals surface area contributed by atoms with Crippen LogP contribution in [0.4, 0.5) is 0 Å². The van der Waals surface area contributed by atoms with E-state index in [4.69, 9.17) is 5.11 Å². The van der Waals surface area contributed by atoms with E-state index in [2.05, 4.69) is 17.4 Å². The standard InChI is InChI=1S/C15H21NO2S/c17-15(18)12-5-4-6-13(11-12)16-9-10-19-14-7-2-1-3-8-14/h1-3,7-8,12-13,16H,4-6,9-11H2,(H,17,18). The molecule has 1 aromatic rings. The van der Waals surface area contributed by atoms with E-state index < -0.39 is 5.97 Å². The lowest BCUT2D eigenvalue weighted by Gasteiger charge is -2.27. The summed E-state index contributed by atoms with van der Waals surface area (Å²) in [6, 6.07) is 10.7. The Morgan fingerprint density at radius 3 is 2.84 bits per heavy atom. The summed E-state index contributed by atoms with van der Waals surface area (Å²) in [5.41, 5.74) is 0. The van der Waals surface area contributed by atoms with E-state index in [-0.39, 0.29) is 5.92 Å². The molecule has 1 fully saturated rings. The molecule has 0 heterocycles. The molecule has 0 aromatic heterocycles. The lowest BCUT2D eigenvalue weighted by molar-refractivity contribution is -0.143. The number of hydrogen-bond acceptors (Lipinski definition) is 3. The van der Waals surface area contributed by atoms with Crippen LogP contribution in [0.5, 0.6) is 0 Å². The van der Waals surface area contributed by atoms with Crippen LogP contribution in [0.15, 0.2) is 35.2 Å². The summed E-state index contributed by atoms with van der Waals surface area (Å²) < 4.78 is 0. The van der Waals surface area contributed by atoms with Crippen molar-refractivity contribution in [2.45, 2.75) is 36.6 Å². The first-order valence-electron chi connectivity index (χ1n) is 6.90. The maximum absolute atomic E-state index is 11.0. The van der Waals surface area contributed by atoms with Crippen molar-refractivity contribution < 1.29 is 9.90 Å². The van der Waals surface area contributed by atoms with Gasteiger partial charge in [0, 0.05) is 23.2 Å². The first-order valence-corrected chi connectivity index (χ1v) is 7.88. The van der Waals surface area contributed by atoms with Gasteiger partial charge in [-0.25, -0.2) is 0 Å². The number of thioether (sulfide) groups is 1. The fourth-order valence-corrected chi connectivity index (χ4v) is 3.35. The largest absolute Gasteiger partial charge is 0.481 e. The molecule has 2 unspecified atom stereocenters. The summed E-state index contributed by atoms with van der Waals surface area (Å²) in [4.78, 5) is 12.3. The highest BCUT2D eigenvalue weighted by molar-refractivity contribution is 7.99. The van der Waals surface area contributed by atoms with Gasteiger partial charge >= 0.3 is 5.97 Å². The molecule has 0 aliphatic heterocycles. The number of carboxylic acids is 1. The van der Waals surface area contributed by atoms with Gasteiger partial charge in [0.15, 0.2) is 0 Å². The highest BCUT2D eigenvalue weighted by atomic mass is 32.2. The van der Waals surface area contributed by atoms with Crippen molar-refractivity contribution >= 4 is 17.7 Å². The topological polar surface area (TPSA) is 49.3 Å². The summed E-state index contributed by atoms with van der Waals surface area (Å²) in [5, 5.41) is 12.5. The van der Waals surface area contributed by atoms with Crippen LogP contribution in [0, 0.1) is 5.92 Å². The van der Waals surface area contributed by atoms with Gasteiger partial charge in [0.05, 0.1) is 5.92 Å². The van der Waals surface area contributed by atoms with Crippen LogP contribution in [0.3, 0.4) is 0 Å². The van der Waals surface area contributed by atoms with Gasteiger partial charge in [-0.3, -0.25) is 4.79 Å². The molecular formula is C15H21NO2S. The molecule has 1 aliphatic rings. The normalized spacial score (nSPS) is 23.2. The second-order valence-electron chi connectivity index (χ2n) is 5.01. The number of benzene rings is 1. The number of carboxylic acid groups (broad SMARTS) is 1. The molecule has 4 heteroatoms. The van der Waals surface area contributed by atoms with Crippen molar-refractivity contribution in [3.05, 3.63) is 30.3 Å². The number of nitrogens with one attached hydrogen (secondary N) is 1. The molecule has 19 heavy (non-hydrogen) atoms. The summed E-state index contributed by atoms with van der Waals surface area (Å²) in [7, 11) is 0. The SMILES string of the molecule is O=C(O)C1CCCC(NCCSc2ccccc2)C1. The Hall–Kier alpha value is -1.00. The van der Waals surface area contributed by atoms with E-state index in [1.807, 2.05) is 30.0 Å². The first-order chi connectivity index (χ1) is 9.25. The van der Waals surface area contributed by atoms with Gasteiger partial charge < -0.3 is 10.4 Å². The molecule has 0 bridgehead atoms. The van der Waals surface area contributed by atoms with E-state index in [0.717, 1.165) is 38.0 Å². The first kappa shape index (κ1) is 14.4. The minimum absolute atomic E-state index is 0.145. The van der Waals surface area contributed by atoms with E-state index in [1.54, 1.807) is 0 Å². The molecular weight excluding hydrogens is 258 g/mol. The van der Waals surface area contributed by atoms with Gasteiger partial charge in [-0.15, -0.1) is 11.8 Å². The average Bonchev–Trinajstić information content (AvgIpc) is 2.45. The zero-order valence-corrected chi connectivity index (χ0v) is 11.9. The van der Waals surface area contributed by atoms with Crippen LogP contribution in [0.2, 0.25) is 0 Å². The van der Waals surface area contributed by atoms with Crippen LogP contribution in [-0.2, 0) is 4.79 Å². The maximum Gasteiger partial charge on any atom is 0.306 e. The second kappa shape index (κ2) is 7.56. The van der Waals surface area contributed by atoms with Crippen LogP contribution in [0.25, 0.3) is 0 Å². The zero-order chi connectivity index (χ0) is 13.5. The van der Waals surface area contributed by atoms with Gasteiger partial charge in [0.2, 0.25) is 0 Å². The summed E-state index contributed by atoms with van der Waals surface area (Å²) >= 11 is 1.84. The molecule has 3 nitrogen and oxygen atoms in total. The minimum atomic E-state index is -0.634. The Morgan fingerprint density at radius 1 is 1.32 bits per heavy atom. The lowest BCUT2D eigenvalue weighted by atomic mass is 9.86. The van der Waals surface area contributed by atoms with Gasteiger partial charge in [-0.2, -0.15) is 0 Å².